The minimum absolute atomic E-state index is 0.0261. The smallest absolute Gasteiger partial charge is 0.360 e. The fourth-order valence-electron chi connectivity index (χ4n) is 2.02. The van der Waals surface area contributed by atoms with Crippen molar-refractivity contribution in [1.82, 2.24) is 9.55 Å². The van der Waals surface area contributed by atoms with Crippen molar-refractivity contribution in [3.63, 3.8) is 0 Å². The maximum atomic E-state index is 11.7. The van der Waals surface area contributed by atoms with Crippen LogP contribution in [0, 0.1) is 11.3 Å². The molecule has 0 saturated heterocycles. The predicted octanol–water partition coefficient (Wildman–Crippen LogP) is 2.33. The van der Waals surface area contributed by atoms with E-state index in [0.717, 1.165) is 0 Å². The van der Waals surface area contributed by atoms with Gasteiger partial charge in [-0.3, -0.25) is 4.57 Å². The molecular formula is C14H13ClN4O2. The number of anilines is 1. The van der Waals surface area contributed by atoms with E-state index in [9.17, 15) is 10.1 Å². The van der Waals surface area contributed by atoms with Crippen molar-refractivity contribution in [2.24, 2.45) is 0 Å². The lowest BCUT2D eigenvalue weighted by atomic mass is 10.2. The van der Waals surface area contributed by atoms with Crippen LogP contribution in [0.3, 0.4) is 0 Å². The molecule has 0 aliphatic carbocycles. The molecular weight excluding hydrogens is 292 g/mol. The van der Waals surface area contributed by atoms with Gasteiger partial charge >= 0.3 is 5.97 Å². The summed E-state index contributed by atoms with van der Waals surface area (Å²) in [6, 6.07) is 6.89. The topological polar surface area (TPSA) is 93.9 Å². The van der Waals surface area contributed by atoms with Crippen molar-refractivity contribution in [2.45, 2.75) is 13.3 Å². The summed E-state index contributed by atoms with van der Waals surface area (Å²) in [4.78, 5) is 15.9. The number of imidazole rings is 1. The highest BCUT2D eigenvalue weighted by molar-refractivity contribution is 6.30. The minimum atomic E-state index is -0.624. The molecule has 1 aromatic heterocycles. The zero-order valence-corrected chi connectivity index (χ0v) is 12.3. The van der Waals surface area contributed by atoms with Gasteiger partial charge in [0.2, 0.25) is 0 Å². The predicted molar refractivity (Wildman–Crippen MR) is 78.4 cm³/mol. The number of hydrogen-bond donors (Lipinski definition) is 1. The summed E-state index contributed by atoms with van der Waals surface area (Å²) in [5, 5.41) is 9.69. The van der Waals surface area contributed by atoms with Crippen LogP contribution in [0.2, 0.25) is 5.02 Å². The van der Waals surface area contributed by atoms with E-state index in [-0.39, 0.29) is 11.5 Å². The molecule has 1 heterocycles. The summed E-state index contributed by atoms with van der Waals surface area (Å²) in [5.41, 5.74) is 6.91. The van der Waals surface area contributed by atoms with Crippen molar-refractivity contribution in [3.8, 4) is 11.8 Å². The Bertz CT molecular complexity index is 746. The highest BCUT2D eigenvalue weighted by atomic mass is 35.5. The molecule has 2 rings (SSSR count). The number of methoxy groups -OCH3 is 1. The van der Waals surface area contributed by atoms with Crippen LogP contribution in [-0.2, 0) is 11.2 Å². The Balaban J connectivity index is 2.75. The fraction of sp³-hybridized carbons (Fsp3) is 0.214. The quantitative estimate of drug-likeness (QED) is 0.878. The molecule has 2 aromatic rings. The molecule has 7 heteroatoms. The molecule has 0 unspecified atom stereocenters. The second-order valence-electron chi connectivity index (χ2n) is 4.22. The number of carbonyl (C=O) groups is 1. The number of nitrogen functional groups attached to an aromatic ring is 1. The van der Waals surface area contributed by atoms with Crippen LogP contribution in [0.15, 0.2) is 18.2 Å². The Morgan fingerprint density at radius 1 is 1.57 bits per heavy atom. The zero-order chi connectivity index (χ0) is 15.6. The van der Waals surface area contributed by atoms with Crippen LogP contribution in [0.25, 0.3) is 5.69 Å². The van der Waals surface area contributed by atoms with Crippen molar-refractivity contribution >= 4 is 23.4 Å². The number of aromatic nitrogens is 2. The number of nitrogens with zero attached hydrogens (tertiary/aromatic N) is 3. The van der Waals surface area contributed by atoms with Gasteiger partial charge in [0.15, 0.2) is 5.69 Å². The highest BCUT2D eigenvalue weighted by Crippen LogP contribution is 2.26. The number of benzene rings is 1. The van der Waals surface area contributed by atoms with Crippen LogP contribution < -0.4 is 5.73 Å². The summed E-state index contributed by atoms with van der Waals surface area (Å²) in [6.07, 6.45) is 0.526. The molecule has 108 valence electrons. The maximum absolute atomic E-state index is 11.7. The van der Waals surface area contributed by atoms with Crippen LogP contribution in [0.5, 0.6) is 0 Å². The molecule has 21 heavy (non-hydrogen) atoms. The number of aryl methyl sites for hydroxylation is 1. The zero-order valence-electron chi connectivity index (χ0n) is 11.6. The number of esters is 1. The third-order valence-electron chi connectivity index (χ3n) is 3.00. The largest absolute Gasteiger partial charge is 0.464 e. The summed E-state index contributed by atoms with van der Waals surface area (Å²) in [6.45, 7) is 1.87. The van der Waals surface area contributed by atoms with Gasteiger partial charge in [-0.05, 0) is 18.2 Å². The molecule has 0 saturated carbocycles. The summed E-state index contributed by atoms with van der Waals surface area (Å²) < 4.78 is 6.21. The SMILES string of the molecule is CCc1nc(C(=O)OC)c(N)n1-c1cc(Cl)ccc1C#N. The summed E-state index contributed by atoms with van der Waals surface area (Å²) in [5.74, 6) is 0.0469. The normalized spacial score (nSPS) is 10.2. The third-order valence-corrected chi connectivity index (χ3v) is 3.23. The van der Waals surface area contributed by atoms with Gasteiger partial charge in [-0.25, -0.2) is 9.78 Å². The average Bonchev–Trinajstić information content (AvgIpc) is 2.83. The summed E-state index contributed by atoms with van der Waals surface area (Å²) >= 11 is 5.99. The van der Waals surface area contributed by atoms with E-state index < -0.39 is 5.97 Å². The number of nitriles is 1. The lowest BCUT2D eigenvalue weighted by Crippen LogP contribution is -2.09. The molecule has 0 spiro atoms. The van der Waals surface area contributed by atoms with Gasteiger partial charge in [0.25, 0.3) is 0 Å². The van der Waals surface area contributed by atoms with Gasteiger partial charge < -0.3 is 10.5 Å². The number of hydrogen-bond acceptors (Lipinski definition) is 5. The van der Waals surface area contributed by atoms with Crippen LogP contribution >= 0.6 is 11.6 Å². The molecule has 0 amide bonds. The van der Waals surface area contributed by atoms with E-state index in [1.807, 2.05) is 6.92 Å². The lowest BCUT2D eigenvalue weighted by Gasteiger charge is -2.11. The maximum Gasteiger partial charge on any atom is 0.360 e. The van der Waals surface area contributed by atoms with Crippen molar-refractivity contribution in [3.05, 3.63) is 40.3 Å². The fourth-order valence-corrected chi connectivity index (χ4v) is 2.18. The highest BCUT2D eigenvalue weighted by Gasteiger charge is 2.22. The van der Waals surface area contributed by atoms with E-state index in [0.29, 0.717) is 28.5 Å². The van der Waals surface area contributed by atoms with Gasteiger partial charge in [0, 0.05) is 11.4 Å². The molecule has 0 aliphatic rings. The Kier molecular flexibility index (Phi) is 4.15. The average molecular weight is 305 g/mol. The Morgan fingerprint density at radius 2 is 2.29 bits per heavy atom. The second-order valence-corrected chi connectivity index (χ2v) is 4.65. The molecule has 1 aromatic carbocycles. The lowest BCUT2D eigenvalue weighted by molar-refractivity contribution is 0.0596. The van der Waals surface area contributed by atoms with E-state index in [4.69, 9.17) is 17.3 Å². The number of rotatable bonds is 3. The van der Waals surface area contributed by atoms with Crippen molar-refractivity contribution in [1.29, 1.82) is 5.26 Å². The van der Waals surface area contributed by atoms with Crippen molar-refractivity contribution < 1.29 is 9.53 Å². The number of halogens is 1. The van der Waals surface area contributed by atoms with Crippen molar-refractivity contribution in [2.75, 3.05) is 12.8 Å². The molecule has 0 aliphatic heterocycles. The van der Waals surface area contributed by atoms with E-state index >= 15 is 0 Å². The Morgan fingerprint density at radius 3 is 2.86 bits per heavy atom. The standard InChI is InChI=1S/C14H13ClN4O2/c1-3-11-18-12(14(20)21-2)13(17)19(11)10-6-9(15)5-4-8(10)7-16/h4-6H,3,17H2,1-2H3. The van der Waals surface area contributed by atoms with Crippen LogP contribution in [0.4, 0.5) is 5.82 Å². The first kappa shape index (κ1) is 14.9. The first-order valence-corrected chi connectivity index (χ1v) is 6.56. The molecule has 0 fully saturated rings. The Labute approximate surface area is 126 Å². The van der Waals surface area contributed by atoms with E-state index in [1.165, 1.54) is 7.11 Å². The third kappa shape index (κ3) is 2.56. The van der Waals surface area contributed by atoms with Gasteiger partial charge in [0.1, 0.15) is 17.7 Å². The Hall–Kier alpha value is -2.52. The minimum Gasteiger partial charge on any atom is -0.464 e. The molecule has 0 atom stereocenters. The van der Waals surface area contributed by atoms with Gasteiger partial charge in [-0.2, -0.15) is 5.26 Å². The molecule has 0 bridgehead atoms. The number of nitrogens with two attached hydrogens (primary N) is 1. The van der Waals surface area contributed by atoms with E-state index in [1.54, 1.807) is 22.8 Å². The first-order chi connectivity index (χ1) is 10.0. The van der Waals surface area contributed by atoms with E-state index in [2.05, 4.69) is 15.8 Å². The van der Waals surface area contributed by atoms with Gasteiger partial charge in [-0.1, -0.05) is 18.5 Å². The monoisotopic (exact) mass is 304 g/mol. The second kappa shape index (κ2) is 5.85. The van der Waals surface area contributed by atoms with Crippen LogP contribution in [0.1, 0.15) is 28.8 Å². The molecule has 2 N–H and O–H groups in total. The van der Waals surface area contributed by atoms with Crippen LogP contribution in [-0.4, -0.2) is 22.6 Å². The van der Waals surface area contributed by atoms with Gasteiger partial charge in [-0.15, -0.1) is 0 Å². The molecule has 6 nitrogen and oxygen atoms in total. The molecule has 0 radical (unpaired) electrons. The number of carbonyl (C=O) groups excluding carboxylic acids is 1. The summed E-state index contributed by atoms with van der Waals surface area (Å²) in [7, 11) is 1.26. The number of ether oxygens (including phenoxy) is 1. The van der Waals surface area contributed by atoms with Gasteiger partial charge in [0.05, 0.1) is 18.4 Å². The first-order valence-electron chi connectivity index (χ1n) is 6.18.